The Morgan fingerprint density at radius 1 is 1.24 bits per heavy atom. The molecule has 136 valence electrons. The smallest absolute Gasteiger partial charge is 0.326 e. The molecule has 0 bridgehead atoms. The third kappa shape index (κ3) is 4.81. The van der Waals surface area contributed by atoms with Crippen LogP contribution in [0, 0.1) is 5.92 Å². The molecule has 25 heavy (non-hydrogen) atoms. The van der Waals surface area contributed by atoms with E-state index in [2.05, 4.69) is 5.32 Å². The third-order valence-electron chi connectivity index (χ3n) is 4.81. The molecular weight excluding hydrogens is 320 g/mol. The summed E-state index contributed by atoms with van der Waals surface area (Å²) in [6.07, 6.45) is 2.07. The second kappa shape index (κ2) is 8.65. The summed E-state index contributed by atoms with van der Waals surface area (Å²) in [5.74, 6) is -1.93. The van der Waals surface area contributed by atoms with E-state index in [0.29, 0.717) is 6.54 Å². The van der Waals surface area contributed by atoms with Crippen molar-refractivity contribution in [2.75, 3.05) is 6.54 Å². The van der Waals surface area contributed by atoms with E-state index in [1.807, 2.05) is 44.2 Å². The average molecular weight is 346 g/mol. The number of aliphatic carboxylic acids is 1. The van der Waals surface area contributed by atoms with Crippen LogP contribution in [0.25, 0.3) is 0 Å². The number of hydrogen-bond acceptors (Lipinski definition) is 3. The number of nitrogens with one attached hydrogen (secondary N) is 1. The number of amides is 2. The fourth-order valence-corrected chi connectivity index (χ4v) is 3.33. The summed E-state index contributed by atoms with van der Waals surface area (Å²) >= 11 is 0. The molecule has 1 heterocycles. The summed E-state index contributed by atoms with van der Waals surface area (Å²) in [6.45, 7) is 4.42. The zero-order chi connectivity index (χ0) is 18.4. The molecule has 6 nitrogen and oxygen atoms in total. The third-order valence-corrected chi connectivity index (χ3v) is 4.81. The first kappa shape index (κ1) is 19.0. The minimum absolute atomic E-state index is 0.0243. The first-order valence-electron chi connectivity index (χ1n) is 8.82. The Hall–Kier alpha value is -2.37. The Morgan fingerprint density at radius 2 is 1.88 bits per heavy atom. The molecule has 2 amide bonds. The lowest BCUT2D eigenvalue weighted by Crippen LogP contribution is -2.45. The van der Waals surface area contributed by atoms with Gasteiger partial charge in [0.15, 0.2) is 0 Å². The van der Waals surface area contributed by atoms with Crippen LogP contribution in [0.4, 0.5) is 0 Å². The Labute approximate surface area is 148 Å². The van der Waals surface area contributed by atoms with E-state index in [9.17, 15) is 19.5 Å². The summed E-state index contributed by atoms with van der Waals surface area (Å²) in [4.78, 5) is 37.9. The topological polar surface area (TPSA) is 86.7 Å². The van der Waals surface area contributed by atoms with Gasteiger partial charge in [0.25, 0.3) is 0 Å². The number of nitrogens with zero attached hydrogens (tertiary/aromatic N) is 1. The van der Waals surface area contributed by atoms with Crippen LogP contribution in [0.1, 0.15) is 38.7 Å². The van der Waals surface area contributed by atoms with Crippen LogP contribution in [0.3, 0.4) is 0 Å². The van der Waals surface area contributed by atoms with Crippen molar-refractivity contribution in [3.05, 3.63) is 35.9 Å². The minimum atomic E-state index is -1.07. The minimum Gasteiger partial charge on any atom is -0.480 e. The van der Waals surface area contributed by atoms with Crippen LogP contribution in [0.2, 0.25) is 0 Å². The van der Waals surface area contributed by atoms with E-state index >= 15 is 0 Å². The number of likely N-dealkylation sites (tertiary alicyclic amines) is 1. The Bertz CT molecular complexity index is 613. The van der Waals surface area contributed by atoms with Gasteiger partial charge in [-0.1, -0.05) is 44.2 Å². The van der Waals surface area contributed by atoms with Crippen molar-refractivity contribution in [1.29, 1.82) is 0 Å². The van der Waals surface area contributed by atoms with E-state index in [-0.39, 0.29) is 30.7 Å². The van der Waals surface area contributed by atoms with Gasteiger partial charge in [0.05, 0.1) is 5.92 Å². The van der Waals surface area contributed by atoms with E-state index in [1.54, 1.807) is 4.90 Å². The first-order valence-corrected chi connectivity index (χ1v) is 8.82. The Balaban J connectivity index is 1.99. The van der Waals surface area contributed by atoms with Crippen molar-refractivity contribution in [2.24, 2.45) is 5.92 Å². The van der Waals surface area contributed by atoms with Crippen LogP contribution in [0.5, 0.6) is 0 Å². The number of carboxylic acid groups (broad SMARTS) is 1. The van der Waals surface area contributed by atoms with Crippen LogP contribution >= 0.6 is 0 Å². The van der Waals surface area contributed by atoms with Gasteiger partial charge in [-0.25, -0.2) is 4.79 Å². The van der Waals surface area contributed by atoms with Crippen LogP contribution in [-0.4, -0.2) is 46.4 Å². The molecule has 2 atom stereocenters. The van der Waals surface area contributed by atoms with Crippen molar-refractivity contribution < 1.29 is 19.5 Å². The molecule has 0 aliphatic carbocycles. The van der Waals surface area contributed by atoms with Crippen LogP contribution in [0.15, 0.2) is 30.3 Å². The highest BCUT2D eigenvalue weighted by Gasteiger charge is 2.38. The van der Waals surface area contributed by atoms with E-state index in [1.165, 1.54) is 0 Å². The van der Waals surface area contributed by atoms with Gasteiger partial charge in [0, 0.05) is 25.4 Å². The molecule has 1 aliphatic heterocycles. The van der Waals surface area contributed by atoms with Crippen molar-refractivity contribution in [1.82, 2.24) is 10.2 Å². The molecule has 6 heteroatoms. The molecule has 1 aromatic rings. The number of carbonyl (C=O) groups excluding carboxylic acids is 2. The summed E-state index contributed by atoms with van der Waals surface area (Å²) in [5, 5.41) is 12.0. The summed E-state index contributed by atoms with van der Waals surface area (Å²) in [7, 11) is 0. The fourth-order valence-electron chi connectivity index (χ4n) is 3.33. The highest BCUT2D eigenvalue weighted by atomic mass is 16.4. The lowest BCUT2D eigenvalue weighted by molar-refractivity contribution is -0.142. The zero-order valence-electron chi connectivity index (χ0n) is 14.8. The summed E-state index contributed by atoms with van der Waals surface area (Å²) in [6, 6.07) is 8.33. The van der Waals surface area contributed by atoms with Gasteiger partial charge in [-0.05, 0) is 18.4 Å². The van der Waals surface area contributed by atoms with Gasteiger partial charge < -0.3 is 15.3 Å². The van der Waals surface area contributed by atoms with Crippen LogP contribution < -0.4 is 5.32 Å². The highest BCUT2D eigenvalue weighted by Crippen LogP contribution is 2.23. The maximum atomic E-state index is 12.5. The van der Waals surface area contributed by atoms with Crippen LogP contribution in [-0.2, 0) is 20.8 Å². The predicted molar refractivity (Wildman–Crippen MR) is 93.9 cm³/mol. The van der Waals surface area contributed by atoms with Gasteiger partial charge in [0.2, 0.25) is 11.8 Å². The number of benzene rings is 1. The predicted octanol–water partition coefficient (Wildman–Crippen LogP) is 1.84. The standard InChI is InChI=1S/C19H26N2O4/c1-3-15(4-2)21-12-14(11-17(21)22)18(23)20-16(19(24)25)10-13-8-6-5-7-9-13/h5-9,14-16H,3-4,10-12H2,1-2H3,(H,20,23)(H,24,25)/t14?,16-/m1/s1. The van der Waals surface area contributed by atoms with E-state index in [0.717, 1.165) is 18.4 Å². The largest absolute Gasteiger partial charge is 0.480 e. The molecule has 1 aromatic carbocycles. The lowest BCUT2D eigenvalue weighted by Gasteiger charge is -2.26. The molecular formula is C19H26N2O4. The van der Waals surface area contributed by atoms with Crippen molar-refractivity contribution in [3.8, 4) is 0 Å². The lowest BCUT2D eigenvalue weighted by atomic mass is 10.0. The highest BCUT2D eigenvalue weighted by molar-refractivity contribution is 5.91. The molecule has 0 spiro atoms. The number of hydrogen-bond donors (Lipinski definition) is 2. The molecule has 1 saturated heterocycles. The number of carboxylic acids is 1. The molecule has 1 unspecified atom stereocenters. The Morgan fingerprint density at radius 3 is 2.44 bits per heavy atom. The van der Waals surface area contributed by atoms with E-state index < -0.39 is 17.9 Å². The number of carbonyl (C=O) groups is 3. The summed E-state index contributed by atoms with van der Waals surface area (Å²) < 4.78 is 0. The van der Waals surface area contributed by atoms with Gasteiger partial charge in [-0.3, -0.25) is 9.59 Å². The second-order valence-corrected chi connectivity index (χ2v) is 6.51. The van der Waals surface area contributed by atoms with Crippen molar-refractivity contribution in [3.63, 3.8) is 0 Å². The van der Waals surface area contributed by atoms with Crippen molar-refractivity contribution in [2.45, 2.75) is 51.6 Å². The van der Waals surface area contributed by atoms with Gasteiger partial charge >= 0.3 is 5.97 Å². The van der Waals surface area contributed by atoms with Gasteiger partial charge in [-0.15, -0.1) is 0 Å². The Kier molecular flexibility index (Phi) is 6.56. The van der Waals surface area contributed by atoms with Gasteiger partial charge in [0.1, 0.15) is 6.04 Å². The molecule has 2 rings (SSSR count). The first-order chi connectivity index (χ1) is 12.0. The summed E-state index contributed by atoms with van der Waals surface area (Å²) in [5.41, 5.74) is 0.844. The molecule has 0 saturated carbocycles. The second-order valence-electron chi connectivity index (χ2n) is 6.51. The molecule has 0 aromatic heterocycles. The SMILES string of the molecule is CCC(CC)N1CC(C(=O)N[C@H](Cc2ccccc2)C(=O)O)CC1=O. The van der Waals surface area contributed by atoms with Gasteiger partial charge in [-0.2, -0.15) is 0 Å². The number of rotatable bonds is 8. The fraction of sp³-hybridized carbons (Fsp3) is 0.526. The monoisotopic (exact) mass is 346 g/mol. The molecule has 1 aliphatic rings. The zero-order valence-corrected chi connectivity index (χ0v) is 14.8. The van der Waals surface area contributed by atoms with E-state index in [4.69, 9.17) is 0 Å². The molecule has 2 N–H and O–H groups in total. The maximum absolute atomic E-state index is 12.5. The average Bonchev–Trinajstić information content (AvgIpc) is 2.98. The maximum Gasteiger partial charge on any atom is 0.326 e. The van der Waals surface area contributed by atoms with Crippen molar-refractivity contribution >= 4 is 17.8 Å². The normalized spacial score (nSPS) is 18.4. The molecule has 0 radical (unpaired) electrons. The quantitative estimate of drug-likeness (QED) is 0.752. The molecule has 1 fully saturated rings.